The van der Waals surface area contributed by atoms with Crippen molar-refractivity contribution in [3.63, 3.8) is 0 Å². The van der Waals surface area contributed by atoms with Gasteiger partial charge in [0.05, 0.1) is 22.5 Å². The number of unbranched alkanes of at least 4 members (excludes halogenated alkanes) is 47. The molecule has 1 N–H and O–H groups in total. The molecule has 1 saturated heterocycles. The van der Waals surface area contributed by atoms with E-state index >= 15 is 0 Å². The van der Waals surface area contributed by atoms with Crippen LogP contribution in [0.5, 0.6) is 0 Å². The van der Waals surface area contributed by atoms with Crippen LogP contribution in [-0.2, 0) is 57.7 Å². The van der Waals surface area contributed by atoms with Crippen molar-refractivity contribution in [3.05, 3.63) is 12.2 Å². The van der Waals surface area contributed by atoms with Crippen molar-refractivity contribution in [2.45, 2.75) is 424 Å². The monoisotopic (exact) mass is 1320 g/mol. The van der Waals surface area contributed by atoms with Crippen LogP contribution in [0.3, 0.4) is 0 Å². The minimum atomic E-state index is -5.02. The van der Waals surface area contributed by atoms with E-state index in [2.05, 4.69) is 39.8 Å². The second-order valence-corrected chi connectivity index (χ2v) is 28.1. The van der Waals surface area contributed by atoms with Gasteiger partial charge in [-0.1, -0.05) is 322 Å². The van der Waals surface area contributed by atoms with E-state index in [9.17, 15) is 37.3 Å². The third-order valence-corrected chi connectivity index (χ3v) is 18.5. The third-order valence-electron chi connectivity index (χ3n) is 17.8. The number of ether oxygens (including phenoxy) is 6. The fourth-order valence-electron chi connectivity index (χ4n) is 12.1. The van der Waals surface area contributed by atoms with Crippen molar-refractivity contribution in [2.24, 2.45) is 0 Å². The minimum Gasteiger partial charge on any atom is -0.748 e. The van der Waals surface area contributed by atoms with Crippen LogP contribution < -0.4 is 29.6 Å². The maximum absolute atomic E-state index is 13.8. The molecule has 1 fully saturated rings. The van der Waals surface area contributed by atoms with Crippen LogP contribution in [0.4, 0.5) is 0 Å². The third kappa shape index (κ3) is 57.2. The van der Waals surface area contributed by atoms with Crippen molar-refractivity contribution >= 4 is 34.0 Å². The maximum atomic E-state index is 13.8. The summed E-state index contributed by atoms with van der Waals surface area (Å²) in [7, 11) is -5.02. The number of rotatable bonds is 67. The van der Waals surface area contributed by atoms with Crippen LogP contribution in [0, 0.1) is 0 Å². The largest absolute Gasteiger partial charge is 1.00 e. The van der Waals surface area contributed by atoms with Gasteiger partial charge in [-0.25, -0.2) is 8.42 Å². The average molecular weight is 1320 g/mol. The van der Waals surface area contributed by atoms with E-state index in [1.165, 1.54) is 199 Å². The molecule has 0 bridgehead atoms. The smallest absolute Gasteiger partial charge is 0.748 e. The summed E-state index contributed by atoms with van der Waals surface area (Å²) in [6.45, 7) is 8.12. The SMILES string of the molecule is CCCCCCCC/C=C/CCCCCCCC(=O)OC[C@H](CO[C@H]1O[C@H](CS(=O)(=O)[O-])[C@@H](O)[C@H](OC(=O)CCCCCCCCCCCCCCC)[C@H]1OC(=O)CCCCCCCCCCCCCCC)OC(=O)CCCCCCCCCCCCCCC.[Na+]. The van der Waals surface area contributed by atoms with Crippen molar-refractivity contribution in [2.75, 3.05) is 19.0 Å². The molecule has 0 radical (unpaired) electrons. The molecule has 16 heteroatoms. The molecular weight excluding hydrogens is 1180 g/mol. The Hall–Kier alpha value is -1.59. The molecule has 530 valence electrons. The quantitative estimate of drug-likeness (QED) is 0.0150. The van der Waals surface area contributed by atoms with E-state index < -0.39 is 83.2 Å². The molecule has 0 saturated carbocycles. The van der Waals surface area contributed by atoms with Crippen LogP contribution in [-0.4, -0.2) is 97.7 Å². The first-order valence-corrected chi connectivity index (χ1v) is 39.7. The molecule has 14 nitrogen and oxygen atoms in total. The molecular formula is C75H139NaO14S. The Morgan fingerprint density at radius 2 is 0.692 bits per heavy atom. The first kappa shape index (κ1) is 89.4. The molecule has 1 heterocycles. The first-order valence-electron chi connectivity index (χ1n) is 38.1. The summed E-state index contributed by atoms with van der Waals surface area (Å²) in [5.74, 6) is -3.52. The van der Waals surface area contributed by atoms with Crippen LogP contribution in [0.1, 0.15) is 387 Å². The van der Waals surface area contributed by atoms with Crippen molar-refractivity contribution in [1.82, 2.24) is 0 Å². The van der Waals surface area contributed by atoms with E-state index in [0.717, 1.165) is 109 Å². The van der Waals surface area contributed by atoms with Crippen LogP contribution in [0.15, 0.2) is 12.2 Å². The summed E-state index contributed by atoms with van der Waals surface area (Å²) in [6.07, 6.45) is 54.0. The Kier molecular flexibility index (Phi) is 64.5. The van der Waals surface area contributed by atoms with E-state index in [-0.39, 0.29) is 61.8 Å². The molecule has 91 heavy (non-hydrogen) atoms. The molecule has 1 aliphatic heterocycles. The molecule has 0 aromatic carbocycles. The number of hydrogen-bond acceptors (Lipinski definition) is 14. The van der Waals surface area contributed by atoms with Gasteiger partial charge in [0.2, 0.25) is 0 Å². The van der Waals surface area contributed by atoms with Gasteiger partial charge in [-0.3, -0.25) is 19.2 Å². The zero-order valence-corrected chi connectivity index (χ0v) is 62.3. The van der Waals surface area contributed by atoms with Gasteiger partial charge in [-0.2, -0.15) is 0 Å². The molecule has 0 aliphatic carbocycles. The van der Waals surface area contributed by atoms with Gasteiger partial charge >= 0.3 is 53.4 Å². The number of aliphatic hydroxyl groups excluding tert-OH is 1. The molecule has 0 aromatic rings. The Morgan fingerprint density at radius 3 is 1.02 bits per heavy atom. The van der Waals surface area contributed by atoms with Crippen molar-refractivity contribution < 1.29 is 95.2 Å². The zero-order chi connectivity index (χ0) is 65.6. The zero-order valence-electron chi connectivity index (χ0n) is 59.5. The van der Waals surface area contributed by atoms with Gasteiger partial charge in [0, 0.05) is 25.7 Å². The van der Waals surface area contributed by atoms with E-state index in [1.807, 2.05) is 0 Å². The minimum absolute atomic E-state index is 0. The second kappa shape index (κ2) is 65.7. The van der Waals surface area contributed by atoms with Gasteiger partial charge in [-0.15, -0.1) is 0 Å². The molecule has 0 aromatic heterocycles. The second-order valence-electron chi connectivity index (χ2n) is 26.6. The summed E-state index contributed by atoms with van der Waals surface area (Å²) in [5, 5.41) is 11.7. The molecule has 1 aliphatic rings. The molecule has 0 unspecified atom stereocenters. The number of esters is 4. The Bertz CT molecular complexity index is 1800. The Balaban J connectivity index is 0.0000810. The number of hydrogen-bond donors (Lipinski definition) is 1. The number of carbonyl (C=O) groups is 4. The molecule has 0 amide bonds. The molecule has 1 rings (SSSR count). The normalized spacial score (nSPS) is 17.1. The molecule has 0 spiro atoms. The topological polar surface area (TPSA) is 201 Å². The summed E-state index contributed by atoms with van der Waals surface area (Å²) in [4.78, 5) is 54.1. The molecule has 6 atom stereocenters. The Morgan fingerprint density at radius 1 is 0.407 bits per heavy atom. The number of allylic oxidation sites excluding steroid dienone is 2. The van der Waals surface area contributed by atoms with Gasteiger partial charge in [-0.05, 0) is 51.4 Å². The van der Waals surface area contributed by atoms with Gasteiger partial charge in [0.1, 0.15) is 18.8 Å². The summed E-state index contributed by atoms with van der Waals surface area (Å²) in [5.41, 5.74) is 0. The standard InChI is InChI=1S/C75H140O14S.Na/c1-5-9-13-17-21-25-29-33-34-38-39-43-47-51-55-59-68(76)84-63-66(86-69(77)60-56-52-48-44-40-35-30-26-22-18-14-10-6-2)64-85-75-74(89-71(79)62-58-54-50-46-42-37-32-28-24-20-16-12-8-4)73(72(80)67(87-75)65-90(81,82)83)88-70(78)61-57-53-49-45-41-36-31-27-23-19-15-11-7-3;/h33-34,66-67,72-75,80H,5-32,35-65H2,1-4H3,(H,81,82,83);/q;+1/p-1/b34-33+;/t66-,67-,72-,73+,74-,75+;/m1./s1. The maximum Gasteiger partial charge on any atom is 1.00 e. The van der Waals surface area contributed by atoms with Crippen molar-refractivity contribution in [3.8, 4) is 0 Å². The van der Waals surface area contributed by atoms with Crippen LogP contribution >= 0.6 is 0 Å². The first-order chi connectivity index (χ1) is 43.8. The van der Waals surface area contributed by atoms with Gasteiger partial charge in [0.15, 0.2) is 24.6 Å². The Labute approximate surface area is 580 Å². The average Bonchev–Trinajstić information content (AvgIpc) is 0.890. The summed E-state index contributed by atoms with van der Waals surface area (Å²) >= 11 is 0. The van der Waals surface area contributed by atoms with Gasteiger partial charge < -0.3 is 38.1 Å². The number of aliphatic hydroxyl groups is 1. The van der Waals surface area contributed by atoms with E-state index in [1.54, 1.807) is 0 Å². The number of carbonyl (C=O) groups excluding carboxylic acids is 4. The fraction of sp³-hybridized carbons (Fsp3) is 0.920. The van der Waals surface area contributed by atoms with E-state index in [4.69, 9.17) is 28.4 Å². The van der Waals surface area contributed by atoms with E-state index in [0.29, 0.717) is 25.7 Å². The fourth-order valence-corrected chi connectivity index (χ4v) is 12.7. The summed E-state index contributed by atoms with van der Waals surface area (Å²) < 4.78 is 72.7. The van der Waals surface area contributed by atoms with Crippen molar-refractivity contribution in [1.29, 1.82) is 0 Å². The predicted octanol–water partition coefficient (Wildman–Crippen LogP) is 17.4. The van der Waals surface area contributed by atoms with Crippen LogP contribution in [0.2, 0.25) is 0 Å². The van der Waals surface area contributed by atoms with Gasteiger partial charge in [0.25, 0.3) is 0 Å². The summed E-state index contributed by atoms with van der Waals surface area (Å²) in [6, 6.07) is 0. The van der Waals surface area contributed by atoms with Crippen LogP contribution in [0.25, 0.3) is 0 Å². The predicted molar refractivity (Wildman–Crippen MR) is 366 cm³/mol.